The van der Waals surface area contributed by atoms with E-state index in [0.717, 1.165) is 22.0 Å². The highest BCUT2D eigenvalue weighted by Gasteiger charge is 2.15. The number of carbonyl (C=O) groups excluding carboxylic acids is 1. The van der Waals surface area contributed by atoms with Crippen LogP contribution in [0.4, 0.5) is 0 Å². The van der Waals surface area contributed by atoms with E-state index in [9.17, 15) is 4.79 Å². The third kappa shape index (κ3) is 3.80. The Morgan fingerprint density at radius 3 is 2.81 bits per heavy atom. The van der Waals surface area contributed by atoms with Crippen LogP contribution in [0, 0.1) is 6.92 Å². The molecule has 5 nitrogen and oxygen atoms in total. The summed E-state index contributed by atoms with van der Waals surface area (Å²) in [7, 11) is 3.23. The summed E-state index contributed by atoms with van der Waals surface area (Å²) in [6, 6.07) is 7.61. The van der Waals surface area contributed by atoms with Crippen LogP contribution in [0.25, 0.3) is 0 Å². The maximum atomic E-state index is 12.2. The lowest BCUT2D eigenvalue weighted by Gasteiger charge is -2.09. The molecule has 0 aliphatic heterocycles. The predicted octanol–water partition coefficient (Wildman–Crippen LogP) is 2.54. The first kappa shape index (κ1) is 15.5. The highest BCUT2D eigenvalue weighted by atomic mass is 32.1. The Labute approximate surface area is 127 Å². The van der Waals surface area contributed by atoms with E-state index in [0.29, 0.717) is 18.0 Å². The molecule has 0 aliphatic rings. The van der Waals surface area contributed by atoms with Gasteiger partial charge in [0.05, 0.1) is 19.4 Å². The van der Waals surface area contributed by atoms with Gasteiger partial charge in [-0.3, -0.25) is 4.79 Å². The molecule has 1 aromatic carbocycles. The molecular formula is C15H18N2O3S. The monoisotopic (exact) mass is 306 g/mol. The molecule has 0 aliphatic carbocycles. The van der Waals surface area contributed by atoms with Crippen molar-refractivity contribution < 1.29 is 14.3 Å². The third-order valence-corrected chi connectivity index (χ3v) is 4.08. The number of carbonyl (C=O) groups is 1. The molecular weight excluding hydrogens is 288 g/mol. The van der Waals surface area contributed by atoms with Gasteiger partial charge in [0.25, 0.3) is 5.91 Å². The zero-order valence-electron chi connectivity index (χ0n) is 12.3. The summed E-state index contributed by atoms with van der Waals surface area (Å²) in [6.07, 6.45) is 0. The molecule has 0 saturated carbocycles. The summed E-state index contributed by atoms with van der Waals surface area (Å²) in [6.45, 7) is 2.67. The quantitative estimate of drug-likeness (QED) is 0.891. The van der Waals surface area contributed by atoms with Gasteiger partial charge in [-0.15, -0.1) is 11.3 Å². The van der Waals surface area contributed by atoms with Crippen LogP contribution in [0.3, 0.4) is 0 Å². The number of aromatic nitrogens is 1. The lowest BCUT2D eigenvalue weighted by atomic mass is 10.2. The minimum absolute atomic E-state index is 0.127. The number of aryl methyl sites for hydroxylation is 1. The van der Waals surface area contributed by atoms with E-state index in [2.05, 4.69) is 10.3 Å². The first-order chi connectivity index (χ1) is 10.2. The topological polar surface area (TPSA) is 60.5 Å². The summed E-state index contributed by atoms with van der Waals surface area (Å²) >= 11 is 1.36. The molecule has 6 heteroatoms. The summed E-state index contributed by atoms with van der Waals surface area (Å²) in [5.74, 6) is 0.636. The molecule has 0 unspecified atom stereocenters. The zero-order valence-corrected chi connectivity index (χ0v) is 13.1. The van der Waals surface area contributed by atoms with Crippen molar-refractivity contribution in [1.29, 1.82) is 0 Å². The Bertz CT molecular complexity index is 625. The van der Waals surface area contributed by atoms with Crippen molar-refractivity contribution in [3.63, 3.8) is 0 Å². The number of benzene rings is 1. The van der Waals surface area contributed by atoms with Crippen molar-refractivity contribution in [3.05, 3.63) is 45.4 Å². The molecule has 1 aromatic heterocycles. The SMILES string of the molecule is COCc1nc(C)c(C(=O)NCc2ccccc2OC)s1. The fourth-order valence-corrected chi connectivity index (χ4v) is 2.91. The lowest BCUT2D eigenvalue weighted by Crippen LogP contribution is -2.22. The van der Waals surface area contributed by atoms with Gasteiger partial charge in [-0.25, -0.2) is 4.98 Å². The van der Waals surface area contributed by atoms with Crippen molar-refractivity contribution >= 4 is 17.2 Å². The average Bonchev–Trinajstić information content (AvgIpc) is 2.86. The van der Waals surface area contributed by atoms with Gasteiger partial charge in [0, 0.05) is 19.2 Å². The maximum Gasteiger partial charge on any atom is 0.263 e. The number of nitrogens with zero attached hydrogens (tertiary/aromatic N) is 1. The smallest absolute Gasteiger partial charge is 0.263 e. The first-order valence-electron chi connectivity index (χ1n) is 6.51. The second-order valence-electron chi connectivity index (χ2n) is 4.45. The number of hydrogen-bond acceptors (Lipinski definition) is 5. The van der Waals surface area contributed by atoms with Crippen LogP contribution >= 0.6 is 11.3 Å². The minimum Gasteiger partial charge on any atom is -0.496 e. The molecule has 0 spiro atoms. The molecule has 21 heavy (non-hydrogen) atoms. The van der Waals surface area contributed by atoms with E-state index >= 15 is 0 Å². The van der Waals surface area contributed by atoms with Crippen LogP contribution in [0.5, 0.6) is 5.75 Å². The molecule has 0 radical (unpaired) electrons. The van der Waals surface area contributed by atoms with E-state index in [1.165, 1.54) is 11.3 Å². The van der Waals surface area contributed by atoms with Crippen molar-refractivity contribution in [2.45, 2.75) is 20.1 Å². The Morgan fingerprint density at radius 1 is 1.33 bits per heavy atom. The van der Waals surface area contributed by atoms with Crippen LogP contribution in [0.15, 0.2) is 24.3 Å². The van der Waals surface area contributed by atoms with E-state index in [1.54, 1.807) is 14.2 Å². The zero-order chi connectivity index (χ0) is 15.2. The Morgan fingerprint density at radius 2 is 2.10 bits per heavy atom. The van der Waals surface area contributed by atoms with Gasteiger partial charge >= 0.3 is 0 Å². The number of amides is 1. The standard InChI is InChI=1S/C15H18N2O3S/c1-10-14(21-13(17-10)9-19-2)15(18)16-8-11-6-4-5-7-12(11)20-3/h4-7H,8-9H2,1-3H3,(H,16,18). The van der Waals surface area contributed by atoms with Crippen LogP contribution in [0.1, 0.15) is 25.9 Å². The van der Waals surface area contributed by atoms with E-state index in [4.69, 9.17) is 9.47 Å². The van der Waals surface area contributed by atoms with Gasteiger partial charge in [-0.1, -0.05) is 18.2 Å². The van der Waals surface area contributed by atoms with E-state index in [-0.39, 0.29) is 5.91 Å². The van der Waals surface area contributed by atoms with Gasteiger partial charge in [-0.05, 0) is 13.0 Å². The van der Waals surface area contributed by atoms with Crippen LogP contribution < -0.4 is 10.1 Å². The minimum atomic E-state index is -0.127. The molecule has 0 fully saturated rings. The van der Waals surface area contributed by atoms with Crippen molar-refractivity contribution in [1.82, 2.24) is 10.3 Å². The highest BCUT2D eigenvalue weighted by Crippen LogP contribution is 2.20. The van der Waals surface area contributed by atoms with Crippen molar-refractivity contribution in [2.75, 3.05) is 14.2 Å². The van der Waals surface area contributed by atoms with Gasteiger partial charge in [0.15, 0.2) is 0 Å². The number of methoxy groups -OCH3 is 2. The number of para-hydroxylation sites is 1. The molecule has 2 aromatic rings. The number of rotatable bonds is 6. The number of thiazole rings is 1. The Balaban J connectivity index is 2.04. The van der Waals surface area contributed by atoms with Crippen LogP contribution in [-0.4, -0.2) is 25.1 Å². The van der Waals surface area contributed by atoms with Gasteiger partial charge < -0.3 is 14.8 Å². The first-order valence-corrected chi connectivity index (χ1v) is 7.32. The molecule has 0 atom stereocenters. The summed E-state index contributed by atoms with van der Waals surface area (Å²) in [5, 5.41) is 3.70. The van der Waals surface area contributed by atoms with Crippen LogP contribution in [0.2, 0.25) is 0 Å². The van der Waals surface area contributed by atoms with E-state index in [1.807, 2.05) is 31.2 Å². The summed E-state index contributed by atoms with van der Waals surface area (Å²) in [4.78, 5) is 17.2. The largest absolute Gasteiger partial charge is 0.496 e. The van der Waals surface area contributed by atoms with Crippen LogP contribution in [-0.2, 0) is 17.9 Å². The van der Waals surface area contributed by atoms with Crippen molar-refractivity contribution in [2.24, 2.45) is 0 Å². The summed E-state index contributed by atoms with van der Waals surface area (Å²) < 4.78 is 10.3. The van der Waals surface area contributed by atoms with Crippen molar-refractivity contribution in [3.8, 4) is 5.75 Å². The molecule has 0 saturated heterocycles. The maximum absolute atomic E-state index is 12.2. The number of ether oxygens (including phenoxy) is 2. The molecule has 1 heterocycles. The predicted molar refractivity (Wildman–Crippen MR) is 81.7 cm³/mol. The molecule has 2 rings (SSSR count). The normalized spacial score (nSPS) is 10.4. The summed E-state index contributed by atoms with van der Waals surface area (Å²) in [5.41, 5.74) is 1.66. The molecule has 0 bridgehead atoms. The fraction of sp³-hybridized carbons (Fsp3) is 0.333. The molecule has 1 N–H and O–H groups in total. The average molecular weight is 306 g/mol. The van der Waals surface area contributed by atoms with Gasteiger partial charge in [0.2, 0.25) is 0 Å². The van der Waals surface area contributed by atoms with E-state index < -0.39 is 0 Å². The fourth-order valence-electron chi connectivity index (χ4n) is 1.95. The lowest BCUT2D eigenvalue weighted by molar-refractivity contribution is 0.0954. The highest BCUT2D eigenvalue weighted by molar-refractivity contribution is 7.13. The van der Waals surface area contributed by atoms with Gasteiger partial charge in [-0.2, -0.15) is 0 Å². The molecule has 112 valence electrons. The Kier molecular flexibility index (Phi) is 5.30. The second-order valence-corrected chi connectivity index (χ2v) is 5.53. The van der Waals surface area contributed by atoms with Gasteiger partial charge in [0.1, 0.15) is 15.6 Å². The molecule has 1 amide bonds. The second kappa shape index (κ2) is 7.19. The Hall–Kier alpha value is -1.92. The third-order valence-electron chi connectivity index (χ3n) is 2.95. The number of hydrogen-bond donors (Lipinski definition) is 1. The number of nitrogens with one attached hydrogen (secondary N) is 1.